The molecule has 0 aliphatic carbocycles. The molecule has 1 atom stereocenters. The highest BCUT2D eigenvalue weighted by Gasteiger charge is 2.33. The third-order valence-corrected chi connectivity index (χ3v) is 4.10. The van der Waals surface area contributed by atoms with E-state index >= 15 is 0 Å². The molecule has 0 aliphatic rings. The molecule has 0 fully saturated rings. The SMILES string of the molecule is CCc1cc(CC(N)C(CC)(CC)OC)n(C)n1. The van der Waals surface area contributed by atoms with E-state index in [0.717, 1.165) is 31.4 Å². The van der Waals surface area contributed by atoms with Gasteiger partial charge in [-0.1, -0.05) is 20.8 Å². The zero-order valence-electron chi connectivity index (χ0n) is 12.4. The lowest BCUT2D eigenvalue weighted by Gasteiger charge is -2.36. The van der Waals surface area contributed by atoms with Gasteiger partial charge in [0.2, 0.25) is 0 Å². The Kier molecular flexibility index (Phi) is 5.35. The third-order valence-electron chi connectivity index (χ3n) is 4.10. The largest absolute Gasteiger partial charge is 0.377 e. The predicted octanol–water partition coefficient (Wildman–Crippen LogP) is 2.06. The molecule has 2 N–H and O–H groups in total. The number of methoxy groups -OCH3 is 1. The van der Waals surface area contributed by atoms with E-state index in [1.807, 2.05) is 11.7 Å². The molecule has 1 unspecified atom stereocenters. The predicted molar refractivity (Wildman–Crippen MR) is 74.6 cm³/mol. The van der Waals surface area contributed by atoms with E-state index in [-0.39, 0.29) is 11.6 Å². The summed E-state index contributed by atoms with van der Waals surface area (Å²) in [6.07, 6.45) is 3.62. The van der Waals surface area contributed by atoms with Gasteiger partial charge in [-0.3, -0.25) is 4.68 Å². The summed E-state index contributed by atoms with van der Waals surface area (Å²) in [5.41, 5.74) is 8.45. The Morgan fingerprint density at radius 3 is 2.39 bits per heavy atom. The molecule has 0 amide bonds. The Balaban J connectivity index is 2.85. The summed E-state index contributed by atoms with van der Waals surface area (Å²) in [7, 11) is 3.74. The first-order valence-electron chi connectivity index (χ1n) is 6.85. The van der Waals surface area contributed by atoms with Crippen LogP contribution in [0.15, 0.2) is 6.07 Å². The molecular formula is C14H27N3O. The van der Waals surface area contributed by atoms with E-state index in [1.165, 1.54) is 5.69 Å². The fraction of sp³-hybridized carbons (Fsp3) is 0.786. The molecule has 4 heteroatoms. The van der Waals surface area contributed by atoms with Crippen LogP contribution in [0.3, 0.4) is 0 Å². The average Bonchev–Trinajstić information content (AvgIpc) is 2.73. The first kappa shape index (κ1) is 15.2. The smallest absolute Gasteiger partial charge is 0.0827 e. The lowest BCUT2D eigenvalue weighted by Crippen LogP contribution is -2.50. The van der Waals surface area contributed by atoms with Crippen LogP contribution in [0.2, 0.25) is 0 Å². The van der Waals surface area contributed by atoms with Gasteiger partial charge in [0.05, 0.1) is 11.3 Å². The highest BCUT2D eigenvalue weighted by molar-refractivity contribution is 5.13. The lowest BCUT2D eigenvalue weighted by atomic mass is 9.86. The van der Waals surface area contributed by atoms with Gasteiger partial charge < -0.3 is 10.5 Å². The topological polar surface area (TPSA) is 53.1 Å². The third kappa shape index (κ3) is 2.93. The zero-order valence-corrected chi connectivity index (χ0v) is 12.4. The Morgan fingerprint density at radius 2 is 2.00 bits per heavy atom. The van der Waals surface area contributed by atoms with Gasteiger partial charge in [0.25, 0.3) is 0 Å². The molecule has 0 saturated carbocycles. The number of hydrogen-bond donors (Lipinski definition) is 1. The minimum atomic E-state index is -0.226. The van der Waals surface area contributed by atoms with Crippen LogP contribution in [0.25, 0.3) is 0 Å². The maximum atomic E-state index is 6.37. The monoisotopic (exact) mass is 253 g/mol. The summed E-state index contributed by atoms with van der Waals surface area (Å²) in [5, 5.41) is 4.46. The first-order chi connectivity index (χ1) is 8.52. The van der Waals surface area contributed by atoms with Crippen LogP contribution in [-0.2, 0) is 24.6 Å². The Morgan fingerprint density at radius 1 is 1.39 bits per heavy atom. The maximum absolute atomic E-state index is 6.37. The number of nitrogens with two attached hydrogens (primary N) is 1. The van der Waals surface area contributed by atoms with Gasteiger partial charge in [-0.05, 0) is 25.3 Å². The van der Waals surface area contributed by atoms with Crippen molar-refractivity contribution in [1.82, 2.24) is 9.78 Å². The molecule has 104 valence electrons. The minimum absolute atomic E-state index is 0.00222. The summed E-state index contributed by atoms with van der Waals surface area (Å²) in [5.74, 6) is 0. The Labute approximate surface area is 111 Å². The van der Waals surface area contributed by atoms with E-state index in [1.54, 1.807) is 7.11 Å². The van der Waals surface area contributed by atoms with Crippen molar-refractivity contribution >= 4 is 0 Å². The van der Waals surface area contributed by atoms with Crippen LogP contribution < -0.4 is 5.73 Å². The second-order valence-corrected chi connectivity index (χ2v) is 4.89. The Hall–Kier alpha value is -0.870. The zero-order chi connectivity index (χ0) is 13.8. The van der Waals surface area contributed by atoms with E-state index < -0.39 is 0 Å². The number of hydrogen-bond acceptors (Lipinski definition) is 3. The highest BCUT2D eigenvalue weighted by Crippen LogP contribution is 2.25. The second-order valence-electron chi connectivity index (χ2n) is 4.89. The number of rotatable bonds is 7. The van der Waals surface area contributed by atoms with Gasteiger partial charge in [-0.25, -0.2) is 0 Å². The fourth-order valence-corrected chi connectivity index (χ4v) is 2.56. The molecule has 0 aromatic carbocycles. The standard InChI is InChI=1S/C14H27N3O/c1-6-11-9-12(17(4)16-11)10-13(15)14(7-2,8-3)18-5/h9,13H,6-8,10,15H2,1-5H3. The number of nitrogens with zero attached hydrogens (tertiary/aromatic N) is 2. The van der Waals surface area contributed by atoms with Gasteiger partial charge in [-0.15, -0.1) is 0 Å². The summed E-state index contributed by atoms with van der Waals surface area (Å²) >= 11 is 0. The van der Waals surface area contributed by atoms with E-state index in [4.69, 9.17) is 10.5 Å². The summed E-state index contributed by atoms with van der Waals surface area (Å²) in [4.78, 5) is 0. The summed E-state index contributed by atoms with van der Waals surface area (Å²) < 4.78 is 7.62. The van der Waals surface area contributed by atoms with Crippen molar-refractivity contribution in [1.29, 1.82) is 0 Å². The number of ether oxygens (including phenoxy) is 1. The molecular weight excluding hydrogens is 226 g/mol. The van der Waals surface area contributed by atoms with Crippen LogP contribution in [0, 0.1) is 0 Å². The van der Waals surface area contributed by atoms with Crippen LogP contribution >= 0.6 is 0 Å². The second kappa shape index (κ2) is 6.34. The molecule has 0 bridgehead atoms. The van der Waals surface area contributed by atoms with E-state index in [2.05, 4.69) is 31.9 Å². The van der Waals surface area contributed by atoms with Gasteiger partial charge in [0.1, 0.15) is 0 Å². The highest BCUT2D eigenvalue weighted by atomic mass is 16.5. The van der Waals surface area contributed by atoms with Crippen molar-refractivity contribution < 1.29 is 4.74 Å². The van der Waals surface area contributed by atoms with Crippen molar-refractivity contribution in [2.75, 3.05) is 7.11 Å². The fourth-order valence-electron chi connectivity index (χ4n) is 2.56. The molecule has 1 aromatic heterocycles. The molecule has 4 nitrogen and oxygen atoms in total. The van der Waals surface area contributed by atoms with Crippen molar-refractivity contribution in [3.05, 3.63) is 17.5 Å². The summed E-state index contributed by atoms with van der Waals surface area (Å²) in [6.45, 7) is 6.38. The lowest BCUT2D eigenvalue weighted by molar-refractivity contribution is -0.0377. The molecule has 1 aromatic rings. The molecule has 0 aliphatic heterocycles. The van der Waals surface area contributed by atoms with Gasteiger partial charge in [0, 0.05) is 32.3 Å². The van der Waals surface area contributed by atoms with E-state index in [0.29, 0.717) is 0 Å². The molecule has 1 rings (SSSR count). The van der Waals surface area contributed by atoms with Crippen molar-refractivity contribution in [2.45, 2.75) is 58.1 Å². The van der Waals surface area contributed by atoms with Crippen molar-refractivity contribution in [2.24, 2.45) is 12.8 Å². The molecule has 0 spiro atoms. The van der Waals surface area contributed by atoms with Gasteiger partial charge >= 0.3 is 0 Å². The normalized spacial score (nSPS) is 13.9. The average molecular weight is 253 g/mol. The number of aromatic nitrogens is 2. The van der Waals surface area contributed by atoms with Gasteiger partial charge in [0.15, 0.2) is 0 Å². The first-order valence-corrected chi connectivity index (χ1v) is 6.85. The van der Waals surface area contributed by atoms with Crippen LogP contribution in [0.1, 0.15) is 45.0 Å². The molecule has 18 heavy (non-hydrogen) atoms. The minimum Gasteiger partial charge on any atom is -0.377 e. The maximum Gasteiger partial charge on any atom is 0.0827 e. The molecule has 1 heterocycles. The quantitative estimate of drug-likeness (QED) is 0.809. The summed E-state index contributed by atoms with van der Waals surface area (Å²) in [6, 6.07) is 2.14. The number of aryl methyl sites for hydroxylation is 2. The molecule has 0 saturated heterocycles. The van der Waals surface area contributed by atoms with E-state index in [9.17, 15) is 0 Å². The van der Waals surface area contributed by atoms with Crippen LogP contribution in [-0.4, -0.2) is 28.5 Å². The Bertz CT molecular complexity index is 361. The van der Waals surface area contributed by atoms with Crippen molar-refractivity contribution in [3.8, 4) is 0 Å². The van der Waals surface area contributed by atoms with Crippen LogP contribution in [0.5, 0.6) is 0 Å². The van der Waals surface area contributed by atoms with Crippen molar-refractivity contribution in [3.63, 3.8) is 0 Å². The van der Waals surface area contributed by atoms with Crippen LogP contribution in [0.4, 0.5) is 0 Å². The van der Waals surface area contributed by atoms with Gasteiger partial charge in [-0.2, -0.15) is 5.10 Å². The molecule has 0 radical (unpaired) electrons.